The number of carbonyl (C=O) groups is 1. The number of hydrogen-bond acceptors (Lipinski definition) is 5. The summed E-state index contributed by atoms with van der Waals surface area (Å²) >= 11 is 0. The van der Waals surface area contributed by atoms with E-state index in [1.807, 2.05) is 18.7 Å². The van der Waals surface area contributed by atoms with Crippen molar-refractivity contribution in [2.24, 2.45) is 0 Å². The van der Waals surface area contributed by atoms with Crippen LogP contribution in [0.1, 0.15) is 46.6 Å². The molecular weight excluding hydrogens is 395 g/mol. The molecule has 3 rings (SSSR count). The van der Waals surface area contributed by atoms with E-state index < -0.39 is 11.7 Å². The van der Waals surface area contributed by atoms with Gasteiger partial charge in [-0.15, -0.1) is 5.10 Å². The molecule has 6 nitrogen and oxygen atoms in total. The van der Waals surface area contributed by atoms with Crippen LogP contribution in [0, 0.1) is 11.3 Å². The third kappa shape index (κ3) is 4.22. The molecule has 30 heavy (non-hydrogen) atoms. The first-order valence-corrected chi connectivity index (χ1v) is 9.80. The molecule has 1 aromatic carbocycles. The summed E-state index contributed by atoms with van der Waals surface area (Å²) in [5.41, 5.74) is 1.66. The molecule has 0 N–H and O–H groups in total. The second-order valence-electron chi connectivity index (χ2n) is 7.00. The Balaban J connectivity index is 1.72. The highest BCUT2D eigenvalue weighted by Crippen LogP contribution is 2.29. The highest BCUT2D eigenvalue weighted by atomic mass is 19.4. The lowest BCUT2D eigenvalue weighted by molar-refractivity contribution is -0.137. The third-order valence-electron chi connectivity index (χ3n) is 5.27. The molecule has 0 unspecified atom stereocenters. The first-order valence-electron chi connectivity index (χ1n) is 9.80. The van der Waals surface area contributed by atoms with E-state index in [9.17, 15) is 23.2 Å². The molecule has 0 aliphatic carbocycles. The number of rotatable bonds is 4. The fourth-order valence-corrected chi connectivity index (χ4v) is 3.61. The lowest BCUT2D eigenvalue weighted by Gasteiger charge is -2.35. The topological polar surface area (TPSA) is 73.1 Å². The zero-order chi connectivity index (χ0) is 21.9. The molecule has 1 fully saturated rings. The zero-order valence-electron chi connectivity index (χ0n) is 16.8. The standard InChI is InChI=1S/C21H22F3N5O/c1-3-16-17(13-25)19(27-26-18(16)4-2)28-9-11-29(12-10-28)20(30)14-5-7-15(8-6-14)21(22,23)24/h5-8H,3-4,9-12H2,1-2H3. The second kappa shape index (κ2) is 8.69. The molecule has 1 amide bonds. The second-order valence-corrected chi connectivity index (χ2v) is 7.00. The van der Waals surface area contributed by atoms with Gasteiger partial charge < -0.3 is 9.80 Å². The van der Waals surface area contributed by atoms with Gasteiger partial charge in [0.05, 0.1) is 11.3 Å². The Kier molecular flexibility index (Phi) is 6.25. The summed E-state index contributed by atoms with van der Waals surface area (Å²) in [6, 6.07) is 6.49. The minimum Gasteiger partial charge on any atom is -0.350 e. The van der Waals surface area contributed by atoms with Crippen LogP contribution in [0.2, 0.25) is 0 Å². The van der Waals surface area contributed by atoms with Gasteiger partial charge in [-0.1, -0.05) is 13.8 Å². The molecule has 1 aliphatic heterocycles. The SMILES string of the molecule is CCc1nnc(N2CCN(C(=O)c3ccc(C(F)(F)F)cc3)CC2)c(C#N)c1CC. The van der Waals surface area contributed by atoms with Gasteiger partial charge in [-0.3, -0.25) is 4.79 Å². The molecule has 1 aromatic heterocycles. The Bertz CT molecular complexity index is 958. The van der Waals surface area contributed by atoms with E-state index in [-0.39, 0.29) is 11.5 Å². The number of nitriles is 1. The number of anilines is 1. The van der Waals surface area contributed by atoms with Gasteiger partial charge in [0.15, 0.2) is 5.82 Å². The summed E-state index contributed by atoms with van der Waals surface area (Å²) in [5, 5.41) is 18.2. The summed E-state index contributed by atoms with van der Waals surface area (Å²) in [6.45, 7) is 5.62. The van der Waals surface area contributed by atoms with Gasteiger partial charge in [-0.25, -0.2) is 0 Å². The Morgan fingerprint density at radius 1 is 1.07 bits per heavy atom. The number of amides is 1. The number of alkyl halides is 3. The molecule has 2 aromatic rings. The van der Waals surface area contributed by atoms with Crippen LogP contribution in [0.25, 0.3) is 0 Å². The summed E-state index contributed by atoms with van der Waals surface area (Å²) in [5.74, 6) is 0.207. The fraction of sp³-hybridized carbons (Fsp3) is 0.429. The van der Waals surface area contributed by atoms with Gasteiger partial charge >= 0.3 is 6.18 Å². The largest absolute Gasteiger partial charge is 0.416 e. The highest BCUT2D eigenvalue weighted by Gasteiger charge is 2.31. The first-order chi connectivity index (χ1) is 14.3. The minimum absolute atomic E-state index is 0.217. The van der Waals surface area contributed by atoms with Crippen LogP contribution in [0.4, 0.5) is 19.0 Å². The van der Waals surface area contributed by atoms with Crippen molar-refractivity contribution in [2.75, 3.05) is 31.1 Å². The maximum atomic E-state index is 12.7. The summed E-state index contributed by atoms with van der Waals surface area (Å²) < 4.78 is 38.1. The van der Waals surface area contributed by atoms with Gasteiger partial charge in [-0.05, 0) is 42.7 Å². The van der Waals surface area contributed by atoms with Gasteiger partial charge in [0, 0.05) is 31.7 Å². The highest BCUT2D eigenvalue weighted by molar-refractivity contribution is 5.94. The quantitative estimate of drug-likeness (QED) is 0.762. The summed E-state index contributed by atoms with van der Waals surface area (Å²) in [7, 11) is 0. The maximum absolute atomic E-state index is 12.7. The van der Waals surface area contributed by atoms with Gasteiger partial charge in [0.1, 0.15) is 11.6 Å². The Morgan fingerprint density at radius 2 is 1.70 bits per heavy atom. The molecule has 0 radical (unpaired) electrons. The van der Waals surface area contributed by atoms with Gasteiger partial charge in [-0.2, -0.15) is 23.5 Å². The molecule has 2 heterocycles. The number of benzene rings is 1. The van der Waals surface area contributed by atoms with Gasteiger partial charge in [0.2, 0.25) is 0 Å². The van der Waals surface area contributed by atoms with Crippen molar-refractivity contribution in [1.82, 2.24) is 15.1 Å². The van der Waals surface area contributed by atoms with Crippen LogP contribution in [0.5, 0.6) is 0 Å². The first kappa shape index (κ1) is 21.6. The predicted molar refractivity (Wildman–Crippen MR) is 105 cm³/mol. The number of carbonyl (C=O) groups excluding carboxylic acids is 1. The summed E-state index contributed by atoms with van der Waals surface area (Å²) in [4.78, 5) is 16.2. The van der Waals surface area contributed by atoms with Crippen molar-refractivity contribution in [3.05, 3.63) is 52.2 Å². The van der Waals surface area contributed by atoms with Crippen LogP contribution < -0.4 is 4.90 Å². The average molecular weight is 417 g/mol. The smallest absolute Gasteiger partial charge is 0.350 e. The van der Waals surface area contributed by atoms with E-state index >= 15 is 0 Å². The van der Waals surface area contributed by atoms with Crippen LogP contribution in [0.15, 0.2) is 24.3 Å². The van der Waals surface area contributed by atoms with E-state index in [2.05, 4.69) is 16.3 Å². The van der Waals surface area contributed by atoms with E-state index in [1.165, 1.54) is 12.1 Å². The molecule has 0 spiro atoms. The molecule has 1 aliphatic rings. The number of nitrogens with zero attached hydrogens (tertiary/aromatic N) is 5. The van der Waals surface area contributed by atoms with Crippen molar-refractivity contribution in [1.29, 1.82) is 5.26 Å². The number of piperazine rings is 1. The van der Waals surface area contributed by atoms with Crippen molar-refractivity contribution >= 4 is 11.7 Å². The van der Waals surface area contributed by atoms with Crippen LogP contribution in [0.3, 0.4) is 0 Å². The van der Waals surface area contributed by atoms with Crippen molar-refractivity contribution < 1.29 is 18.0 Å². The summed E-state index contributed by atoms with van der Waals surface area (Å²) in [6.07, 6.45) is -3.06. The lowest BCUT2D eigenvalue weighted by atomic mass is 10.0. The van der Waals surface area contributed by atoms with Crippen molar-refractivity contribution in [2.45, 2.75) is 32.9 Å². The van der Waals surface area contributed by atoms with Crippen molar-refractivity contribution in [3.8, 4) is 6.07 Å². The van der Waals surface area contributed by atoms with Crippen LogP contribution >= 0.6 is 0 Å². The molecular formula is C21H22F3N5O. The zero-order valence-corrected chi connectivity index (χ0v) is 16.8. The van der Waals surface area contributed by atoms with E-state index in [0.717, 1.165) is 23.4 Å². The van der Waals surface area contributed by atoms with E-state index in [1.54, 1.807) is 4.90 Å². The van der Waals surface area contributed by atoms with Crippen molar-refractivity contribution in [3.63, 3.8) is 0 Å². The monoisotopic (exact) mass is 417 g/mol. The fourth-order valence-electron chi connectivity index (χ4n) is 3.61. The Labute approximate surface area is 172 Å². The number of halogens is 3. The molecule has 158 valence electrons. The lowest BCUT2D eigenvalue weighted by Crippen LogP contribution is -2.49. The Hall–Kier alpha value is -3.15. The molecule has 9 heteroatoms. The maximum Gasteiger partial charge on any atom is 0.416 e. The van der Waals surface area contributed by atoms with E-state index in [4.69, 9.17) is 0 Å². The Morgan fingerprint density at radius 3 is 2.20 bits per heavy atom. The minimum atomic E-state index is -4.43. The number of aromatic nitrogens is 2. The molecule has 0 atom stereocenters. The molecule has 0 saturated carbocycles. The average Bonchev–Trinajstić information content (AvgIpc) is 2.77. The van der Waals surface area contributed by atoms with Crippen LogP contribution in [-0.2, 0) is 19.0 Å². The van der Waals surface area contributed by atoms with E-state index in [0.29, 0.717) is 50.4 Å². The predicted octanol–water partition coefficient (Wildman–Crippen LogP) is 3.45. The molecule has 1 saturated heterocycles. The number of aryl methyl sites for hydroxylation is 1. The normalized spacial score (nSPS) is 14.5. The van der Waals surface area contributed by atoms with Crippen LogP contribution in [-0.4, -0.2) is 47.2 Å². The van der Waals surface area contributed by atoms with Gasteiger partial charge in [0.25, 0.3) is 5.91 Å². The number of hydrogen-bond donors (Lipinski definition) is 0. The molecule has 0 bridgehead atoms. The third-order valence-corrected chi connectivity index (χ3v) is 5.27.